The number of carbonyl (C=O) groups is 1. The molecule has 0 saturated heterocycles. The van der Waals surface area contributed by atoms with Crippen molar-refractivity contribution in [2.75, 3.05) is 6.54 Å². The quantitative estimate of drug-likeness (QED) is 0.708. The number of hydrogen-bond donors (Lipinski definition) is 2. The summed E-state index contributed by atoms with van der Waals surface area (Å²) in [5, 5.41) is 7.85. The lowest BCUT2D eigenvalue weighted by Gasteiger charge is -2.05. The summed E-state index contributed by atoms with van der Waals surface area (Å²) in [6.07, 6.45) is 0.602. The Morgan fingerprint density at radius 1 is 1.23 bits per heavy atom. The highest BCUT2D eigenvalue weighted by Gasteiger charge is 2.11. The van der Waals surface area contributed by atoms with E-state index in [1.54, 1.807) is 18.2 Å². The number of nitrogens with two attached hydrogens (primary N) is 1. The van der Waals surface area contributed by atoms with Crippen molar-refractivity contribution in [1.82, 2.24) is 5.32 Å². The van der Waals surface area contributed by atoms with Crippen LogP contribution in [0.2, 0.25) is 0 Å². The Hall–Kier alpha value is -0.740. The van der Waals surface area contributed by atoms with E-state index >= 15 is 0 Å². The monoisotopic (exact) mass is 466 g/mol. The molecule has 0 spiro atoms. The Morgan fingerprint density at radius 3 is 2.36 bits per heavy atom. The highest BCUT2D eigenvalue weighted by atomic mass is 79.9. The van der Waals surface area contributed by atoms with Gasteiger partial charge in [-0.2, -0.15) is 0 Å². The van der Waals surface area contributed by atoms with E-state index < -0.39 is 10.0 Å². The van der Waals surface area contributed by atoms with Crippen LogP contribution in [0.5, 0.6) is 0 Å². The first-order chi connectivity index (χ1) is 10.3. The van der Waals surface area contributed by atoms with Gasteiger partial charge in [0.25, 0.3) is 5.91 Å². The van der Waals surface area contributed by atoms with Gasteiger partial charge in [-0.1, -0.05) is 12.1 Å². The van der Waals surface area contributed by atoms with Gasteiger partial charge in [-0.05, 0) is 62.0 Å². The Balaban J connectivity index is 1.90. The maximum absolute atomic E-state index is 11.9. The molecule has 0 fully saturated rings. The molecule has 3 N–H and O–H groups in total. The number of halogens is 2. The van der Waals surface area contributed by atoms with Crippen LogP contribution in [-0.4, -0.2) is 20.9 Å². The van der Waals surface area contributed by atoms with Crippen LogP contribution < -0.4 is 10.5 Å². The highest BCUT2D eigenvalue weighted by Crippen LogP contribution is 2.32. The second-order valence-electron chi connectivity index (χ2n) is 4.43. The summed E-state index contributed by atoms with van der Waals surface area (Å²) in [5.41, 5.74) is 0.918. The molecular weight excluding hydrogens is 456 g/mol. The van der Waals surface area contributed by atoms with Gasteiger partial charge in [0, 0.05) is 11.0 Å². The van der Waals surface area contributed by atoms with Gasteiger partial charge < -0.3 is 5.32 Å². The number of benzene rings is 1. The molecule has 1 aromatic heterocycles. The van der Waals surface area contributed by atoms with Crippen LogP contribution in [0.4, 0.5) is 0 Å². The lowest BCUT2D eigenvalue weighted by atomic mass is 10.1. The molecule has 2 rings (SSSR count). The van der Waals surface area contributed by atoms with Crippen LogP contribution >= 0.6 is 43.2 Å². The zero-order valence-electron chi connectivity index (χ0n) is 11.2. The maximum atomic E-state index is 11.9. The van der Waals surface area contributed by atoms with Gasteiger partial charge in [0.05, 0.1) is 13.6 Å². The van der Waals surface area contributed by atoms with Crippen molar-refractivity contribution < 1.29 is 13.2 Å². The van der Waals surface area contributed by atoms with Crippen LogP contribution in [-0.2, 0) is 16.4 Å². The zero-order valence-corrected chi connectivity index (χ0v) is 16.0. The number of hydrogen-bond acceptors (Lipinski definition) is 4. The summed E-state index contributed by atoms with van der Waals surface area (Å²) < 4.78 is 24.0. The summed E-state index contributed by atoms with van der Waals surface area (Å²) in [5.74, 6) is -0.141. The van der Waals surface area contributed by atoms with Crippen LogP contribution in [0.1, 0.15) is 15.2 Å². The average Bonchev–Trinajstić information content (AvgIpc) is 2.78. The SMILES string of the molecule is NS(=O)(=O)c1ccc(CCNC(=O)c2cc(Br)c(Br)s2)cc1. The molecule has 0 saturated carbocycles. The van der Waals surface area contributed by atoms with E-state index in [0.29, 0.717) is 17.8 Å². The molecular formula is C13H12Br2N2O3S2. The Bertz CT molecular complexity index is 767. The molecule has 0 aliphatic heterocycles. The zero-order chi connectivity index (χ0) is 16.3. The maximum Gasteiger partial charge on any atom is 0.261 e. The summed E-state index contributed by atoms with van der Waals surface area (Å²) in [4.78, 5) is 12.6. The van der Waals surface area contributed by atoms with Crippen molar-refractivity contribution in [2.45, 2.75) is 11.3 Å². The van der Waals surface area contributed by atoms with E-state index in [1.807, 2.05) is 0 Å². The smallest absolute Gasteiger partial charge is 0.261 e. The molecule has 1 aromatic carbocycles. The molecule has 0 unspecified atom stereocenters. The van der Waals surface area contributed by atoms with E-state index in [4.69, 9.17) is 5.14 Å². The molecule has 0 radical (unpaired) electrons. The van der Waals surface area contributed by atoms with Gasteiger partial charge in [0.15, 0.2) is 0 Å². The van der Waals surface area contributed by atoms with Gasteiger partial charge in [0.2, 0.25) is 10.0 Å². The third-order valence-corrected chi connectivity index (χ3v) is 7.00. The molecule has 22 heavy (non-hydrogen) atoms. The molecule has 0 bridgehead atoms. The van der Waals surface area contributed by atoms with Gasteiger partial charge in [-0.15, -0.1) is 11.3 Å². The van der Waals surface area contributed by atoms with E-state index in [1.165, 1.54) is 23.5 Å². The third-order valence-electron chi connectivity index (χ3n) is 2.82. The van der Waals surface area contributed by atoms with Crippen molar-refractivity contribution in [1.29, 1.82) is 0 Å². The summed E-state index contributed by atoms with van der Waals surface area (Å²) >= 11 is 8.03. The number of primary sulfonamides is 1. The first-order valence-corrected chi connectivity index (χ1v) is 10.1. The predicted molar refractivity (Wildman–Crippen MR) is 93.6 cm³/mol. The Morgan fingerprint density at radius 2 is 1.86 bits per heavy atom. The fraction of sp³-hybridized carbons (Fsp3) is 0.154. The topological polar surface area (TPSA) is 89.3 Å². The van der Waals surface area contributed by atoms with Gasteiger partial charge in [-0.3, -0.25) is 4.79 Å². The molecule has 0 atom stereocenters. The predicted octanol–water partition coefficient (Wildman–Crippen LogP) is 2.89. The van der Waals surface area contributed by atoms with E-state index in [0.717, 1.165) is 13.8 Å². The van der Waals surface area contributed by atoms with Crippen molar-refractivity contribution in [3.63, 3.8) is 0 Å². The minimum atomic E-state index is -3.67. The van der Waals surface area contributed by atoms with Crippen molar-refractivity contribution in [3.8, 4) is 0 Å². The standard InChI is InChI=1S/C13H12Br2N2O3S2/c14-10-7-11(21-12(10)15)13(18)17-6-5-8-1-3-9(4-2-8)22(16,19)20/h1-4,7H,5-6H2,(H,17,18)(H2,16,19,20). The second kappa shape index (κ2) is 7.22. The van der Waals surface area contributed by atoms with Gasteiger partial charge in [0.1, 0.15) is 0 Å². The third kappa shape index (κ3) is 4.63. The lowest BCUT2D eigenvalue weighted by molar-refractivity contribution is 0.0958. The summed E-state index contributed by atoms with van der Waals surface area (Å²) in [7, 11) is -3.67. The van der Waals surface area contributed by atoms with Crippen molar-refractivity contribution in [3.05, 3.63) is 49.0 Å². The van der Waals surface area contributed by atoms with Crippen LogP contribution in [0.25, 0.3) is 0 Å². The van der Waals surface area contributed by atoms with E-state index in [9.17, 15) is 13.2 Å². The van der Waals surface area contributed by atoms with Gasteiger partial charge in [-0.25, -0.2) is 13.6 Å². The molecule has 2 aromatic rings. The molecule has 1 amide bonds. The van der Waals surface area contributed by atoms with Gasteiger partial charge >= 0.3 is 0 Å². The minimum Gasteiger partial charge on any atom is -0.351 e. The van der Waals surface area contributed by atoms with E-state index in [-0.39, 0.29) is 10.8 Å². The number of sulfonamides is 1. The summed E-state index contributed by atoms with van der Waals surface area (Å²) in [6.45, 7) is 0.459. The first-order valence-electron chi connectivity index (χ1n) is 6.12. The number of nitrogens with one attached hydrogen (secondary N) is 1. The molecule has 0 aliphatic carbocycles. The number of thiophene rings is 1. The molecule has 5 nitrogen and oxygen atoms in total. The number of carbonyl (C=O) groups excluding carboxylic acids is 1. The fourth-order valence-corrected chi connectivity index (χ4v) is 4.18. The molecule has 0 aliphatic rings. The molecule has 118 valence electrons. The molecule has 9 heteroatoms. The number of amides is 1. The van der Waals surface area contributed by atoms with Crippen LogP contribution in [0, 0.1) is 0 Å². The highest BCUT2D eigenvalue weighted by molar-refractivity contribution is 9.13. The van der Waals surface area contributed by atoms with Crippen molar-refractivity contribution >= 4 is 59.1 Å². The Kier molecular flexibility index (Phi) is 5.78. The summed E-state index contributed by atoms with van der Waals surface area (Å²) in [6, 6.07) is 8.04. The normalized spacial score (nSPS) is 11.4. The first kappa shape index (κ1) is 17.6. The van der Waals surface area contributed by atoms with Crippen LogP contribution in [0.15, 0.2) is 43.5 Å². The molecule has 1 heterocycles. The van der Waals surface area contributed by atoms with Crippen molar-refractivity contribution in [2.24, 2.45) is 5.14 Å². The fourth-order valence-electron chi connectivity index (χ4n) is 1.71. The minimum absolute atomic E-state index is 0.0774. The average molecular weight is 468 g/mol. The lowest BCUT2D eigenvalue weighted by Crippen LogP contribution is -2.24. The Labute approximate surface area is 149 Å². The second-order valence-corrected chi connectivity index (χ2v) is 9.21. The largest absolute Gasteiger partial charge is 0.351 e. The van der Waals surface area contributed by atoms with E-state index in [2.05, 4.69) is 37.2 Å². The number of rotatable bonds is 5. The van der Waals surface area contributed by atoms with Crippen LogP contribution in [0.3, 0.4) is 0 Å².